The predicted molar refractivity (Wildman–Crippen MR) is 160 cm³/mol. The molecule has 0 aliphatic carbocycles. The second kappa shape index (κ2) is 9.12. The topological polar surface area (TPSA) is 81.9 Å². The first kappa shape index (κ1) is 27.8. The zero-order valence-corrected chi connectivity index (χ0v) is 25.4. The van der Waals surface area contributed by atoms with Crippen LogP contribution in [0.5, 0.6) is 11.5 Å². The van der Waals surface area contributed by atoms with Crippen molar-refractivity contribution in [1.29, 1.82) is 0 Å². The number of benzene rings is 3. The number of carbonyl (C=O) groups excluding carboxylic acids is 2. The molecule has 0 saturated carbocycles. The highest BCUT2D eigenvalue weighted by atomic mass is 16.5. The van der Waals surface area contributed by atoms with Gasteiger partial charge in [-0.1, -0.05) is 12.1 Å². The van der Waals surface area contributed by atoms with Crippen molar-refractivity contribution >= 4 is 23.2 Å². The molecule has 2 N–H and O–H groups in total. The van der Waals surface area contributed by atoms with Crippen molar-refractivity contribution in [3.63, 3.8) is 0 Å². The summed E-state index contributed by atoms with van der Waals surface area (Å²) >= 11 is 0. The zero-order valence-electron chi connectivity index (χ0n) is 25.4. The molecule has 0 radical (unpaired) electrons. The largest absolute Gasteiger partial charge is 0.487 e. The molecule has 3 aliphatic rings. The Bertz CT molecular complexity index is 1540. The molecule has 3 heterocycles. The third-order valence-corrected chi connectivity index (χ3v) is 8.76. The number of nitrogens with two attached hydrogens (primary N) is 1. The Kier molecular flexibility index (Phi) is 6.33. The minimum Gasteiger partial charge on any atom is -0.487 e. The molecule has 0 unspecified atom stereocenters. The van der Waals surface area contributed by atoms with Crippen LogP contribution < -0.4 is 20.1 Å². The van der Waals surface area contributed by atoms with Crippen LogP contribution in [-0.2, 0) is 12.8 Å². The normalized spacial score (nSPS) is 17.5. The lowest BCUT2D eigenvalue weighted by molar-refractivity contribution is 0.0925. The number of nitrogen functional groups attached to an aromatic ring is 1. The molecule has 0 spiro atoms. The highest BCUT2D eigenvalue weighted by Gasteiger charge is 2.41. The quantitative estimate of drug-likeness (QED) is 0.265. The molecule has 40 heavy (non-hydrogen) atoms. The van der Waals surface area contributed by atoms with Gasteiger partial charge >= 0.3 is 0 Å². The van der Waals surface area contributed by atoms with E-state index in [1.165, 1.54) is 21.6 Å². The zero-order chi connectivity index (χ0) is 29.5. The van der Waals surface area contributed by atoms with E-state index in [1.807, 2.05) is 20.8 Å². The van der Waals surface area contributed by atoms with Crippen molar-refractivity contribution in [1.82, 2.24) is 0 Å². The van der Waals surface area contributed by atoms with E-state index in [-0.39, 0.29) is 23.0 Å². The van der Waals surface area contributed by atoms with E-state index in [1.54, 1.807) is 24.3 Å². The van der Waals surface area contributed by atoms with Gasteiger partial charge in [-0.05, 0) is 115 Å². The van der Waals surface area contributed by atoms with Gasteiger partial charge in [-0.25, -0.2) is 4.90 Å². The van der Waals surface area contributed by atoms with E-state index >= 15 is 0 Å². The van der Waals surface area contributed by atoms with Crippen LogP contribution in [0.25, 0.3) is 0 Å². The standard InChI is InChI=1S/C21H21NO3.C13H19NO/c1-11-12(2)18-16(10-21(4,5)25-18)13(3)17(11)22-19(23)14-8-6-7-9-15(14)20(22)24;1-7-8(2)12-10(9(3)11(7)14)6-13(4,5)15-12/h6-9H,10H2,1-5H3;6,14H2,1-5H3. The van der Waals surface area contributed by atoms with Gasteiger partial charge in [-0.3, -0.25) is 9.59 Å². The highest BCUT2D eigenvalue weighted by molar-refractivity contribution is 6.35. The van der Waals surface area contributed by atoms with Crippen LogP contribution in [0.4, 0.5) is 11.4 Å². The Morgan fingerprint density at radius 2 is 1.07 bits per heavy atom. The van der Waals surface area contributed by atoms with Gasteiger partial charge in [0.15, 0.2) is 0 Å². The van der Waals surface area contributed by atoms with Crippen LogP contribution in [0.15, 0.2) is 24.3 Å². The minimum absolute atomic E-state index is 0.0852. The maximum Gasteiger partial charge on any atom is 0.266 e. The lowest BCUT2D eigenvalue weighted by Crippen LogP contribution is -2.31. The Hall–Kier alpha value is -3.80. The lowest BCUT2D eigenvalue weighted by atomic mass is 9.92. The first-order chi connectivity index (χ1) is 18.6. The smallest absolute Gasteiger partial charge is 0.266 e. The number of imide groups is 1. The summed E-state index contributed by atoms with van der Waals surface area (Å²) in [6.45, 7) is 20.5. The first-order valence-corrected chi connectivity index (χ1v) is 13.9. The van der Waals surface area contributed by atoms with Gasteiger partial charge in [-0.2, -0.15) is 0 Å². The summed E-state index contributed by atoms with van der Waals surface area (Å²) in [5, 5.41) is 0. The molecular formula is C34H40N2O4. The number of ether oxygens (including phenoxy) is 2. The van der Waals surface area contributed by atoms with E-state index in [0.717, 1.165) is 57.8 Å². The second-order valence-electron chi connectivity index (χ2n) is 12.7. The van der Waals surface area contributed by atoms with E-state index in [9.17, 15) is 9.59 Å². The second-order valence-corrected chi connectivity index (χ2v) is 12.7. The first-order valence-electron chi connectivity index (χ1n) is 13.9. The van der Waals surface area contributed by atoms with Crippen molar-refractivity contribution in [2.45, 2.75) is 93.3 Å². The van der Waals surface area contributed by atoms with Crippen LogP contribution in [0.3, 0.4) is 0 Å². The highest BCUT2D eigenvalue weighted by Crippen LogP contribution is 2.47. The fourth-order valence-corrected chi connectivity index (χ4v) is 6.29. The minimum atomic E-state index is -0.273. The van der Waals surface area contributed by atoms with Crippen molar-refractivity contribution in [2.24, 2.45) is 0 Å². The van der Waals surface area contributed by atoms with Gasteiger partial charge < -0.3 is 15.2 Å². The number of nitrogens with zero attached hydrogens (tertiary/aromatic N) is 1. The van der Waals surface area contributed by atoms with Gasteiger partial charge in [0.05, 0.1) is 16.8 Å². The molecule has 0 bridgehead atoms. The molecule has 3 aromatic rings. The molecule has 3 aliphatic heterocycles. The van der Waals surface area contributed by atoms with E-state index < -0.39 is 0 Å². The van der Waals surface area contributed by atoms with Crippen molar-refractivity contribution in [2.75, 3.05) is 10.6 Å². The van der Waals surface area contributed by atoms with Gasteiger partial charge in [-0.15, -0.1) is 0 Å². The Morgan fingerprint density at radius 3 is 1.55 bits per heavy atom. The molecule has 0 atom stereocenters. The SMILES string of the molecule is Cc1c(C)c(N2C(=O)c3ccccc3C2=O)c(C)c2c1OC(C)(C)C2.Cc1c(C)c2c(c(C)c1N)CC(C)(C)O2. The summed E-state index contributed by atoms with van der Waals surface area (Å²) in [6, 6.07) is 7.01. The number of rotatable bonds is 1. The van der Waals surface area contributed by atoms with Gasteiger partial charge in [0.2, 0.25) is 0 Å². The maximum absolute atomic E-state index is 12.9. The lowest BCUT2D eigenvalue weighted by Gasteiger charge is -2.23. The molecule has 6 rings (SSSR count). The van der Waals surface area contributed by atoms with E-state index in [0.29, 0.717) is 16.8 Å². The molecule has 2 amide bonds. The fourth-order valence-electron chi connectivity index (χ4n) is 6.29. The van der Waals surface area contributed by atoms with Gasteiger partial charge in [0.1, 0.15) is 22.7 Å². The number of carbonyl (C=O) groups is 2. The van der Waals surface area contributed by atoms with Crippen LogP contribution in [-0.4, -0.2) is 23.0 Å². The molecule has 3 aromatic carbocycles. The van der Waals surface area contributed by atoms with E-state index in [4.69, 9.17) is 15.2 Å². The maximum atomic E-state index is 12.9. The van der Waals surface area contributed by atoms with E-state index in [2.05, 4.69) is 48.5 Å². The predicted octanol–water partition coefficient (Wildman–Crippen LogP) is 7.03. The van der Waals surface area contributed by atoms with Crippen molar-refractivity contribution < 1.29 is 19.1 Å². The Morgan fingerprint density at radius 1 is 0.650 bits per heavy atom. The number of amides is 2. The molecule has 6 nitrogen and oxygen atoms in total. The molecule has 6 heteroatoms. The summed E-state index contributed by atoms with van der Waals surface area (Å²) in [4.78, 5) is 27.2. The monoisotopic (exact) mass is 540 g/mol. The molecule has 0 fully saturated rings. The molecule has 0 saturated heterocycles. The number of anilines is 2. The summed E-state index contributed by atoms with van der Waals surface area (Å²) in [5.41, 5.74) is 17.1. The Labute approximate surface area is 237 Å². The van der Waals surface area contributed by atoms with Crippen LogP contribution in [0.2, 0.25) is 0 Å². The third-order valence-electron chi connectivity index (χ3n) is 8.76. The summed E-state index contributed by atoms with van der Waals surface area (Å²) in [5.74, 6) is 1.47. The summed E-state index contributed by atoms with van der Waals surface area (Å²) in [7, 11) is 0. The van der Waals surface area contributed by atoms with Crippen LogP contribution in [0, 0.1) is 41.5 Å². The molecule has 210 valence electrons. The number of fused-ring (bicyclic) bond motifs is 3. The number of hydrogen-bond donors (Lipinski definition) is 1. The third kappa shape index (κ3) is 4.16. The van der Waals surface area contributed by atoms with Crippen molar-refractivity contribution in [3.8, 4) is 11.5 Å². The number of hydrogen-bond acceptors (Lipinski definition) is 5. The summed E-state index contributed by atoms with van der Waals surface area (Å²) < 4.78 is 12.1. The van der Waals surface area contributed by atoms with Crippen LogP contribution >= 0.6 is 0 Å². The average molecular weight is 541 g/mol. The summed E-state index contributed by atoms with van der Waals surface area (Å²) in [6.07, 6.45) is 1.73. The average Bonchev–Trinajstić information content (AvgIpc) is 3.50. The molecular weight excluding hydrogens is 500 g/mol. The van der Waals surface area contributed by atoms with Crippen molar-refractivity contribution in [3.05, 3.63) is 79.9 Å². The van der Waals surface area contributed by atoms with Crippen LogP contribution in [0.1, 0.15) is 92.9 Å². The Balaban J connectivity index is 0.000000184. The van der Waals surface area contributed by atoms with Gasteiger partial charge in [0.25, 0.3) is 11.8 Å². The molecule has 0 aromatic heterocycles. The van der Waals surface area contributed by atoms with Gasteiger partial charge in [0, 0.05) is 29.7 Å². The fraction of sp³-hybridized carbons (Fsp3) is 0.412.